The maximum Gasteiger partial charge on any atom is 0.150 e. The second-order valence-electron chi connectivity index (χ2n) is 4.33. The zero-order valence-corrected chi connectivity index (χ0v) is 10.3. The van der Waals surface area contributed by atoms with Crippen molar-refractivity contribution < 1.29 is 8.94 Å². The highest BCUT2D eigenvalue weighted by molar-refractivity contribution is 5.03. The van der Waals surface area contributed by atoms with Gasteiger partial charge < -0.3 is 14.3 Å². The molecular formula is C13H18N2O2. The number of nitrogens with one attached hydrogen (secondary N) is 1. The van der Waals surface area contributed by atoms with Gasteiger partial charge in [-0.3, -0.25) is 0 Å². The van der Waals surface area contributed by atoms with Crippen molar-refractivity contribution >= 4 is 0 Å². The average molecular weight is 234 g/mol. The van der Waals surface area contributed by atoms with E-state index in [4.69, 9.17) is 8.94 Å². The molecule has 0 saturated carbocycles. The number of furan rings is 1. The smallest absolute Gasteiger partial charge is 0.150 e. The summed E-state index contributed by atoms with van der Waals surface area (Å²) in [5.74, 6) is 1.92. The standard InChI is InChI=1S/C13H18N2O2/c1-10(5-6-12-4-3-7-16-12)14-9-13-8-11(2)15-17-13/h3-4,7-8,10,14H,5-6,9H2,1-2H3. The van der Waals surface area contributed by atoms with Crippen LogP contribution in [0.25, 0.3) is 0 Å². The van der Waals surface area contributed by atoms with Crippen molar-refractivity contribution in [2.75, 3.05) is 0 Å². The summed E-state index contributed by atoms with van der Waals surface area (Å²) in [6.07, 6.45) is 3.71. The van der Waals surface area contributed by atoms with Gasteiger partial charge in [-0.25, -0.2) is 0 Å². The minimum atomic E-state index is 0.422. The minimum Gasteiger partial charge on any atom is -0.469 e. The number of aromatic nitrogens is 1. The zero-order chi connectivity index (χ0) is 12.1. The molecule has 0 aliphatic heterocycles. The van der Waals surface area contributed by atoms with E-state index >= 15 is 0 Å². The average Bonchev–Trinajstić information content (AvgIpc) is 2.95. The molecule has 0 amide bonds. The lowest BCUT2D eigenvalue weighted by Gasteiger charge is -2.11. The monoisotopic (exact) mass is 234 g/mol. The molecule has 17 heavy (non-hydrogen) atoms. The van der Waals surface area contributed by atoms with Gasteiger partial charge in [-0.15, -0.1) is 0 Å². The molecule has 2 aromatic heterocycles. The van der Waals surface area contributed by atoms with Gasteiger partial charge in [0.25, 0.3) is 0 Å². The van der Waals surface area contributed by atoms with E-state index in [0.717, 1.165) is 36.6 Å². The summed E-state index contributed by atoms with van der Waals surface area (Å²) in [5, 5.41) is 7.25. The first-order valence-corrected chi connectivity index (χ1v) is 5.92. The number of aryl methyl sites for hydroxylation is 2. The van der Waals surface area contributed by atoms with Crippen LogP contribution in [0.5, 0.6) is 0 Å². The molecule has 0 fully saturated rings. The van der Waals surface area contributed by atoms with Crippen LogP contribution in [0.2, 0.25) is 0 Å². The van der Waals surface area contributed by atoms with Crippen molar-refractivity contribution in [2.45, 2.75) is 39.3 Å². The van der Waals surface area contributed by atoms with Crippen molar-refractivity contribution in [3.05, 3.63) is 41.7 Å². The van der Waals surface area contributed by atoms with Gasteiger partial charge in [0.2, 0.25) is 0 Å². The van der Waals surface area contributed by atoms with Crippen LogP contribution in [0.3, 0.4) is 0 Å². The first-order valence-electron chi connectivity index (χ1n) is 5.92. The minimum absolute atomic E-state index is 0.422. The maximum atomic E-state index is 5.29. The fourth-order valence-electron chi connectivity index (χ4n) is 1.69. The van der Waals surface area contributed by atoms with Crippen molar-refractivity contribution in [1.29, 1.82) is 0 Å². The van der Waals surface area contributed by atoms with Crippen LogP contribution in [0.1, 0.15) is 30.6 Å². The number of nitrogens with zero attached hydrogens (tertiary/aromatic N) is 1. The molecular weight excluding hydrogens is 216 g/mol. The Morgan fingerprint density at radius 2 is 2.29 bits per heavy atom. The Labute approximate surface area is 101 Å². The fourth-order valence-corrected chi connectivity index (χ4v) is 1.69. The highest BCUT2D eigenvalue weighted by atomic mass is 16.5. The lowest BCUT2D eigenvalue weighted by atomic mass is 10.1. The van der Waals surface area contributed by atoms with E-state index in [2.05, 4.69) is 17.4 Å². The van der Waals surface area contributed by atoms with E-state index in [0.29, 0.717) is 6.04 Å². The van der Waals surface area contributed by atoms with E-state index < -0.39 is 0 Å². The van der Waals surface area contributed by atoms with Gasteiger partial charge in [-0.2, -0.15) is 0 Å². The summed E-state index contributed by atoms with van der Waals surface area (Å²) in [6.45, 7) is 4.81. The Kier molecular flexibility index (Phi) is 3.98. The highest BCUT2D eigenvalue weighted by Gasteiger charge is 2.06. The Bertz CT molecular complexity index is 434. The Hall–Kier alpha value is -1.55. The van der Waals surface area contributed by atoms with E-state index in [9.17, 15) is 0 Å². The van der Waals surface area contributed by atoms with Gasteiger partial charge in [0.1, 0.15) is 5.76 Å². The molecule has 0 bridgehead atoms. The summed E-state index contributed by atoms with van der Waals surface area (Å²) >= 11 is 0. The Morgan fingerprint density at radius 3 is 2.94 bits per heavy atom. The molecule has 2 heterocycles. The van der Waals surface area contributed by atoms with Gasteiger partial charge >= 0.3 is 0 Å². The van der Waals surface area contributed by atoms with Crippen LogP contribution in [0, 0.1) is 6.92 Å². The fraction of sp³-hybridized carbons (Fsp3) is 0.462. The van der Waals surface area contributed by atoms with Crippen LogP contribution in [-0.4, -0.2) is 11.2 Å². The summed E-state index contributed by atoms with van der Waals surface area (Å²) in [5.41, 5.74) is 0.921. The third-order valence-electron chi connectivity index (χ3n) is 2.71. The number of hydrogen-bond acceptors (Lipinski definition) is 4. The largest absolute Gasteiger partial charge is 0.469 e. The van der Waals surface area contributed by atoms with Crippen molar-refractivity contribution in [1.82, 2.24) is 10.5 Å². The first-order chi connectivity index (χ1) is 8.24. The van der Waals surface area contributed by atoms with Gasteiger partial charge in [-0.1, -0.05) is 5.16 Å². The summed E-state index contributed by atoms with van der Waals surface area (Å²) in [7, 11) is 0. The maximum absolute atomic E-state index is 5.29. The predicted molar refractivity (Wildman–Crippen MR) is 64.6 cm³/mol. The Balaban J connectivity index is 1.69. The lowest BCUT2D eigenvalue weighted by Crippen LogP contribution is -2.25. The van der Waals surface area contributed by atoms with Gasteiger partial charge in [0, 0.05) is 18.5 Å². The van der Waals surface area contributed by atoms with Crippen LogP contribution >= 0.6 is 0 Å². The molecule has 1 N–H and O–H groups in total. The summed E-state index contributed by atoms with van der Waals surface area (Å²) in [6, 6.07) is 6.30. The molecule has 92 valence electrons. The lowest BCUT2D eigenvalue weighted by molar-refractivity contribution is 0.358. The van der Waals surface area contributed by atoms with Crippen LogP contribution in [-0.2, 0) is 13.0 Å². The first kappa shape index (κ1) is 11.9. The summed E-state index contributed by atoms with van der Waals surface area (Å²) < 4.78 is 10.4. The molecule has 0 aliphatic carbocycles. The molecule has 2 aromatic rings. The zero-order valence-electron chi connectivity index (χ0n) is 10.3. The normalized spacial score (nSPS) is 12.8. The molecule has 2 rings (SSSR count). The molecule has 0 spiro atoms. The summed E-state index contributed by atoms with van der Waals surface area (Å²) in [4.78, 5) is 0. The van der Waals surface area contributed by atoms with Crippen molar-refractivity contribution in [3.8, 4) is 0 Å². The van der Waals surface area contributed by atoms with E-state index in [-0.39, 0.29) is 0 Å². The Morgan fingerprint density at radius 1 is 1.41 bits per heavy atom. The van der Waals surface area contributed by atoms with Crippen LogP contribution in [0.15, 0.2) is 33.4 Å². The van der Waals surface area contributed by atoms with Gasteiger partial charge in [0.15, 0.2) is 5.76 Å². The van der Waals surface area contributed by atoms with Crippen LogP contribution < -0.4 is 5.32 Å². The van der Waals surface area contributed by atoms with Crippen LogP contribution in [0.4, 0.5) is 0 Å². The third-order valence-corrected chi connectivity index (χ3v) is 2.71. The molecule has 0 radical (unpaired) electrons. The molecule has 1 unspecified atom stereocenters. The van der Waals surface area contributed by atoms with Crippen molar-refractivity contribution in [2.24, 2.45) is 0 Å². The number of rotatable bonds is 6. The quantitative estimate of drug-likeness (QED) is 0.835. The number of hydrogen-bond donors (Lipinski definition) is 1. The topological polar surface area (TPSA) is 51.2 Å². The second kappa shape index (κ2) is 5.68. The van der Waals surface area contributed by atoms with E-state index in [1.807, 2.05) is 25.1 Å². The SMILES string of the molecule is Cc1cc(CNC(C)CCc2ccco2)on1. The molecule has 1 atom stereocenters. The second-order valence-corrected chi connectivity index (χ2v) is 4.33. The highest BCUT2D eigenvalue weighted by Crippen LogP contribution is 2.07. The molecule has 0 saturated heterocycles. The molecule has 0 aliphatic rings. The molecule has 4 nitrogen and oxygen atoms in total. The van der Waals surface area contributed by atoms with Gasteiger partial charge in [0.05, 0.1) is 18.5 Å². The third kappa shape index (κ3) is 3.75. The molecule has 0 aromatic carbocycles. The van der Waals surface area contributed by atoms with Crippen molar-refractivity contribution in [3.63, 3.8) is 0 Å². The van der Waals surface area contributed by atoms with Gasteiger partial charge in [-0.05, 0) is 32.4 Å². The van der Waals surface area contributed by atoms with E-state index in [1.165, 1.54) is 0 Å². The van der Waals surface area contributed by atoms with E-state index in [1.54, 1.807) is 6.26 Å². The molecule has 4 heteroatoms. The predicted octanol–water partition coefficient (Wildman–Crippen LogP) is 2.69.